The van der Waals surface area contributed by atoms with E-state index in [4.69, 9.17) is 5.11 Å². The van der Waals surface area contributed by atoms with Gasteiger partial charge < -0.3 is 10.0 Å². The SMILES string of the molecule is Cc1ccc2cccc(C(=O)N3CCN(CCO)CC3)c2n1. The van der Waals surface area contributed by atoms with Gasteiger partial charge in [-0.3, -0.25) is 14.7 Å². The summed E-state index contributed by atoms with van der Waals surface area (Å²) in [6.45, 7) is 5.79. The first-order valence-electron chi connectivity index (χ1n) is 7.68. The van der Waals surface area contributed by atoms with E-state index in [0.29, 0.717) is 25.2 Å². The zero-order chi connectivity index (χ0) is 15.5. The molecule has 5 heteroatoms. The molecule has 1 aromatic carbocycles. The van der Waals surface area contributed by atoms with Crippen LogP contribution in [0.4, 0.5) is 0 Å². The van der Waals surface area contributed by atoms with E-state index in [1.165, 1.54) is 0 Å². The molecule has 116 valence electrons. The molecule has 1 N–H and O–H groups in total. The lowest BCUT2D eigenvalue weighted by atomic mass is 10.1. The minimum Gasteiger partial charge on any atom is -0.395 e. The normalized spacial score (nSPS) is 16.2. The molecule has 0 spiro atoms. The average Bonchev–Trinajstić information content (AvgIpc) is 2.54. The van der Waals surface area contributed by atoms with Crippen LogP contribution in [0, 0.1) is 6.92 Å². The van der Waals surface area contributed by atoms with Gasteiger partial charge in [0, 0.05) is 43.8 Å². The predicted octanol–water partition coefficient (Wildman–Crippen LogP) is 1.29. The maximum atomic E-state index is 12.8. The number of carbonyl (C=O) groups excluding carboxylic acids is 1. The van der Waals surface area contributed by atoms with Crippen molar-refractivity contribution in [1.29, 1.82) is 0 Å². The van der Waals surface area contributed by atoms with Gasteiger partial charge in [0.2, 0.25) is 0 Å². The molecular weight excluding hydrogens is 278 g/mol. The van der Waals surface area contributed by atoms with E-state index in [1.54, 1.807) is 0 Å². The maximum absolute atomic E-state index is 12.8. The van der Waals surface area contributed by atoms with Gasteiger partial charge in [-0.1, -0.05) is 18.2 Å². The molecule has 1 aliphatic heterocycles. The molecule has 0 bridgehead atoms. The Morgan fingerprint density at radius 2 is 1.95 bits per heavy atom. The Kier molecular flexibility index (Phi) is 4.36. The van der Waals surface area contributed by atoms with E-state index < -0.39 is 0 Å². The molecule has 0 atom stereocenters. The van der Waals surface area contributed by atoms with Crippen molar-refractivity contribution in [2.75, 3.05) is 39.3 Å². The van der Waals surface area contributed by atoms with Gasteiger partial charge in [-0.25, -0.2) is 0 Å². The first-order chi connectivity index (χ1) is 10.7. The standard InChI is InChI=1S/C17H21N3O2/c1-13-5-6-14-3-2-4-15(16(14)18-13)17(22)20-9-7-19(8-10-20)11-12-21/h2-6,21H,7-12H2,1H3. The Labute approximate surface area is 130 Å². The van der Waals surface area contributed by atoms with Crippen LogP contribution in [-0.4, -0.2) is 65.1 Å². The molecule has 1 saturated heterocycles. The Bertz CT molecular complexity index is 679. The summed E-state index contributed by atoms with van der Waals surface area (Å²) >= 11 is 0. The number of benzene rings is 1. The first-order valence-corrected chi connectivity index (χ1v) is 7.68. The van der Waals surface area contributed by atoms with Crippen LogP contribution in [0.3, 0.4) is 0 Å². The fraction of sp³-hybridized carbons (Fsp3) is 0.412. The number of rotatable bonds is 3. The van der Waals surface area contributed by atoms with Gasteiger partial charge in [-0.05, 0) is 19.1 Å². The summed E-state index contributed by atoms with van der Waals surface area (Å²) in [5.41, 5.74) is 2.38. The van der Waals surface area contributed by atoms with E-state index in [1.807, 2.05) is 42.2 Å². The molecule has 1 fully saturated rings. The van der Waals surface area contributed by atoms with Crippen LogP contribution in [0.1, 0.15) is 16.1 Å². The Balaban J connectivity index is 1.82. The molecule has 2 heterocycles. The summed E-state index contributed by atoms with van der Waals surface area (Å²) in [6.07, 6.45) is 0. The predicted molar refractivity (Wildman–Crippen MR) is 85.9 cm³/mol. The average molecular weight is 299 g/mol. The number of hydrogen-bond acceptors (Lipinski definition) is 4. The summed E-state index contributed by atoms with van der Waals surface area (Å²) in [5, 5.41) is 9.98. The molecule has 5 nitrogen and oxygen atoms in total. The van der Waals surface area contributed by atoms with Crippen molar-refractivity contribution in [3.05, 3.63) is 41.6 Å². The van der Waals surface area contributed by atoms with Crippen molar-refractivity contribution in [2.45, 2.75) is 6.92 Å². The van der Waals surface area contributed by atoms with Crippen molar-refractivity contribution in [3.63, 3.8) is 0 Å². The van der Waals surface area contributed by atoms with Gasteiger partial charge in [0.1, 0.15) is 0 Å². The summed E-state index contributed by atoms with van der Waals surface area (Å²) in [5.74, 6) is 0.0485. The fourth-order valence-electron chi connectivity index (χ4n) is 2.90. The molecule has 0 aliphatic carbocycles. The number of aromatic nitrogens is 1. The third kappa shape index (κ3) is 2.96. The van der Waals surface area contributed by atoms with Gasteiger partial charge in [-0.2, -0.15) is 0 Å². The Morgan fingerprint density at radius 1 is 1.18 bits per heavy atom. The van der Waals surface area contributed by atoms with Crippen LogP contribution in [0.25, 0.3) is 10.9 Å². The number of hydrogen-bond donors (Lipinski definition) is 1. The van der Waals surface area contributed by atoms with E-state index >= 15 is 0 Å². The van der Waals surface area contributed by atoms with E-state index in [9.17, 15) is 4.79 Å². The van der Waals surface area contributed by atoms with Crippen LogP contribution in [0.15, 0.2) is 30.3 Å². The lowest BCUT2D eigenvalue weighted by Gasteiger charge is -2.34. The van der Waals surface area contributed by atoms with E-state index in [2.05, 4.69) is 9.88 Å². The number of para-hydroxylation sites is 1. The highest BCUT2D eigenvalue weighted by molar-refractivity contribution is 6.05. The minimum absolute atomic E-state index is 0.0485. The zero-order valence-electron chi connectivity index (χ0n) is 12.8. The van der Waals surface area contributed by atoms with Crippen molar-refractivity contribution in [3.8, 4) is 0 Å². The number of β-amino-alcohol motifs (C(OH)–C–C–N with tert-alkyl or cyclic N) is 1. The molecule has 0 saturated carbocycles. The van der Waals surface area contributed by atoms with E-state index in [-0.39, 0.29) is 12.5 Å². The molecule has 1 aliphatic rings. The smallest absolute Gasteiger partial charge is 0.256 e. The van der Waals surface area contributed by atoms with Gasteiger partial charge in [0.25, 0.3) is 5.91 Å². The van der Waals surface area contributed by atoms with Crippen molar-refractivity contribution < 1.29 is 9.90 Å². The van der Waals surface area contributed by atoms with Crippen molar-refractivity contribution in [1.82, 2.24) is 14.8 Å². The van der Waals surface area contributed by atoms with Crippen molar-refractivity contribution in [2.24, 2.45) is 0 Å². The fourth-order valence-corrected chi connectivity index (χ4v) is 2.90. The number of amides is 1. The quantitative estimate of drug-likeness (QED) is 0.928. The van der Waals surface area contributed by atoms with Gasteiger partial charge in [0.05, 0.1) is 17.7 Å². The molecule has 3 rings (SSSR count). The second-order valence-electron chi connectivity index (χ2n) is 5.69. The number of pyridine rings is 1. The summed E-state index contributed by atoms with van der Waals surface area (Å²) in [4.78, 5) is 21.4. The molecule has 1 aromatic heterocycles. The third-order valence-corrected chi connectivity index (χ3v) is 4.17. The number of nitrogens with zero attached hydrogens (tertiary/aromatic N) is 3. The summed E-state index contributed by atoms with van der Waals surface area (Å²) in [7, 11) is 0. The number of aliphatic hydroxyl groups is 1. The van der Waals surface area contributed by atoms with Crippen LogP contribution < -0.4 is 0 Å². The molecule has 2 aromatic rings. The van der Waals surface area contributed by atoms with E-state index in [0.717, 1.165) is 29.7 Å². The molecule has 1 amide bonds. The Hall–Kier alpha value is -1.98. The summed E-state index contributed by atoms with van der Waals surface area (Å²) in [6, 6.07) is 9.72. The Morgan fingerprint density at radius 3 is 2.68 bits per heavy atom. The van der Waals surface area contributed by atoms with Crippen LogP contribution in [0.5, 0.6) is 0 Å². The number of carbonyl (C=O) groups is 1. The highest BCUT2D eigenvalue weighted by atomic mass is 16.3. The van der Waals surface area contributed by atoms with Crippen molar-refractivity contribution >= 4 is 16.8 Å². The molecule has 0 radical (unpaired) electrons. The van der Waals surface area contributed by atoms with Gasteiger partial charge in [0.15, 0.2) is 0 Å². The summed E-state index contributed by atoms with van der Waals surface area (Å²) < 4.78 is 0. The molecule has 0 unspecified atom stereocenters. The van der Waals surface area contributed by atoms with Crippen LogP contribution in [0.2, 0.25) is 0 Å². The highest BCUT2D eigenvalue weighted by Crippen LogP contribution is 2.19. The number of fused-ring (bicyclic) bond motifs is 1. The molecule has 22 heavy (non-hydrogen) atoms. The highest BCUT2D eigenvalue weighted by Gasteiger charge is 2.23. The molecular formula is C17H21N3O2. The number of piperazine rings is 1. The van der Waals surface area contributed by atoms with Gasteiger partial charge >= 0.3 is 0 Å². The second kappa shape index (κ2) is 6.42. The number of aliphatic hydroxyl groups excluding tert-OH is 1. The largest absolute Gasteiger partial charge is 0.395 e. The second-order valence-corrected chi connectivity index (χ2v) is 5.69. The monoisotopic (exact) mass is 299 g/mol. The number of aryl methyl sites for hydroxylation is 1. The third-order valence-electron chi connectivity index (χ3n) is 4.17. The first kappa shape index (κ1) is 14.9. The van der Waals surface area contributed by atoms with Gasteiger partial charge in [-0.15, -0.1) is 0 Å². The maximum Gasteiger partial charge on any atom is 0.256 e. The van der Waals surface area contributed by atoms with Crippen LogP contribution in [-0.2, 0) is 0 Å². The minimum atomic E-state index is 0.0485. The lowest BCUT2D eigenvalue weighted by molar-refractivity contribution is 0.0616. The van der Waals surface area contributed by atoms with Crippen LogP contribution >= 0.6 is 0 Å². The zero-order valence-corrected chi connectivity index (χ0v) is 12.8. The lowest BCUT2D eigenvalue weighted by Crippen LogP contribution is -2.49. The topological polar surface area (TPSA) is 56.7 Å².